The molecule has 0 aliphatic carbocycles. The number of nitrogen functional groups attached to an aromatic ring is 1. The van der Waals surface area contributed by atoms with Gasteiger partial charge in [-0.05, 0) is 37.3 Å². The molecule has 2 rings (SSSR count). The molecule has 1 heterocycles. The fraction of sp³-hybridized carbons (Fsp3) is 0.143. The van der Waals surface area contributed by atoms with Gasteiger partial charge in [-0.2, -0.15) is 13.2 Å². The molecule has 1 aromatic heterocycles. The van der Waals surface area contributed by atoms with E-state index in [4.69, 9.17) is 5.73 Å². The van der Waals surface area contributed by atoms with Gasteiger partial charge < -0.3 is 11.1 Å². The highest BCUT2D eigenvalue weighted by Crippen LogP contribution is 2.36. The fourth-order valence-electron chi connectivity index (χ4n) is 1.70. The lowest BCUT2D eigenvalue weighted by atomic mass is 10.1. The van der Waals surface area contributed by atoms with Crippen molar-refractivity contribution >= 4 is 17.3 Å². The number of pyridine rings is 1. The van der Waals surface area contributed by atoms with E-state index in [2.05, 4.69) is 10.3 Å². The fourth-order valence-corrected chi connectivity index (χ4v) is 1.70. The maximum Gasteiger partial charge on any atom is 0.418 e. The molecule has 1 aromatic carbocycles. The molecular weight excluding hydrogens is 283 g/mol. The molecule has 0 aliphatic rings. The van der Waals surface area contributed by atoms with Crippen molar-refractivity contribution in [3.05, 3.63) is 53.3 Å². The molecule has 7 heteroatoms. The molecule has 0 fully saturated rings. The van der Waals surface area contributed by atoms with Gasteiger partial charge in [-0.3, -0.25) is 9.78 Å². The third kappa shape index (κ3) is 3.50. The Labute approximate surface area is 118 Å². The molecule has 0 spiro atoms. The molecule has 0 aliphatic heterocycles. The first-order chi connectivity index (χ1) is 9.77. The Balaban J connectivity index is 2.31. The van der Waals surface area contributed by atoms with Crippen LogP contribution in [-0.4, -0.2) is 10.9 Å². The summed E-state index contributed by atoms with van der Waals surface area (Å²) in [4.78, 5) is 15.9. The van der Waals surface area contributed by atoms with Crippen LogP contribution in [0.4, 0.5) is 24.5 Å². The van der Waals surface area contributed by atoms with Gasteiger partial charge in [0, 0.05) is 17.6 Å². The number of hydrogen-bond acceptors (Lipinski definition) is 3. The Morgan fingerprint density at radius 2 is 1.95 bits per heavy atom. The number of rotatable bonds is 2. The summed E-state index contributed by atoms with van der Waals surface area (Å²) in [6.07, 6.45) is -3.31. The van der Waals surface area contributed by atoms with Crippen LogP contribution < -0.4 is 11.1 Å². The second kappa shape index (κ2) is 5.43. The van der Waals surface area contributed by atoms with Crippen molar-refractivity contribution in [3.8, 4) is 0 Å². The van der Waals surface area contributed by atoms with E-state index in [1.54, 1.807) is 13.0 Å². The van der Waals surface area contributed by atoms with Gasteiger partial charge >= 0.3 is 6.18 Å². The Bertz CT molecular complexity index is 666. The van der Waals surface area contributed by atoms with E-state index in [0.717, 1.165) is 12.1 Å². The Morgan fingerprint density at radius 3 is 2.52 bits per heavy atom. The first-order valence-electron chi connectivity index (χ1n) is 5.98. The highest BCUT2D eigenvalue weighted by molar-refractivity contribution is 6.04. The van der Waals surface area contributed by atoms with E-state index in [1.165, 1.54) is 18.3 Å². The molecule has 4 nitrogen and oxygen atoms in total. The predicted molar refractivity (Wildman–Crippen MR) is 72.8 cm³/mol. The summed E-state index contributed by atoms with van der Waals surface area (Å²) < 4.78 is 38.7. The topological polar surface area (TPSA) is 68.0 Å². The minimum atomic E-state index is -4.61. The third-order valence-corrected chi connectivity index (χ3v) is 2.77. The summed E-state index contributed by atoms with van der Waals surface area (Å²) >= 11 is 0. The number of amides is 1. The van der Waals surface area contributed by atoms with E-state index < -0.39 is 17.6 Å². The molecule has 3 N–H and O–H groups in total. The van der Waals surface area contributed by atoms with Crippen LogP contribution in [0.5, 0.6) is 0 Å². The van der Waals surface area contributed by atoms with E-state index in [9.17, 15) is 18.0 Å². The van der Waals surface area contributed by atoms with Gasteiger partial charge in [0.2, 0.25) is 0 Å². The molecule has 21 heavy (non-hydrogen) atoms. The van der Waals surface area contributed by atoms with Crippen LogP contribution in [0.3, 0.4) is 0 Å². The number of aromatic nitrogens is 1. The van der Waals surface area contributed by atoms with Gasteiger partial charge in [0.1, 0.15) is 0 Å². The number of carbonyl (C=O) groups is 1. The van der Waals surface area contributed by atoms with Crippen LogP contribution in [0.25, 0.3) is 0 Å². The molecule has 0 saturated carbocycles. The van der Waals surface area contributed by atoms with Gasteiger partial charge in [-0.1, -0.05) is 0 Å². The Hall–Kier alpha value is -2.57. The predicted octanol–water partition coefficient (Wildman–Crippen LogP) is 3.24. The van der Waals surface area contributed by atoms with Crippen LogP contribution in [-0.2, 0) is 6.18 Å². The lowest BCUT2D eigenvalue weighted by Crippen LogP contribution is -2.17. The molecular formula is C14H12F3N3O. The van der Waals surface area contributed by atoms with Crippen molar-refractivity contribution in [1.29, 1.82) is 0 Å². The number of nitrogens with zero attached hydrogens (tertiary/aromatic N) is 1. The Morgan fingerprint density at radius 1 is 1.24 bits per heavy atom. The summed E-state index contributed by atoms with van der Waals surface area (Å²) in [6.45, 7) is 1.74. The van der Waals surface area contributed by atoms with Crippen molar-refractivity contribution in [2.24, 2.45) is 0 Å². The van der Waals surface area contributed by atoms with Crippen molar-refractivity contribution in [2.75, 3.05) is 11.1 Å². The molecule has 0 unspecified atom stereocenters. The maximum absolute atomic E-state index is 12.9. The maximum atomic E-state index is 12.9. The second-order valence-corrected chi connectivity index (χ2v) is 4.45. The van der Waals surface area contributed by atoms with E-state index in [0.29, 0.717) is 5.69 Å². The van der Waals surface area contributed by atoms with Crippen molar-refractivity contribution < 1.29 is 18.0 Å². The molecule has 0 saturated heterocycles. The van der Waals surface area contributed by atoms with Crippen LogP contribution in [0.15, 0.2) is 36.5 Å². The second-order valence-electron chi connectivity index (χ2n) is 4.45. The lowest BCUT2D eigenvalue weighted by molar-refractivity contribution is -0.136. The number of benzene rings is 1. The summed E-state index contributed by atoms with van der Waals surface area (Å²) in [5, 5.41) is 2.23. The van der Waals surface area contributed by atoms with Crippen LogP contribution >= 0.6 is 0 Å². The number of alkyl halides is 3. The molecule has 110 valence electrons. The molecule has 0 bridgehead atoms. The van der Waals surface area contributed by atoms with Gasteiger partial charge in [-0.15, -0.1) is 0 Å². The number of hydrogen-bond donors (Lipinski definition) is 2. The van der Waals surface area contributed by atoms with Gasteiger partial charge in [0.05, 0.1) is 16.8 Å². The molecule has 2 aromatic rings. The normalized spacial score (nSPS) is 11.2. The summed E-state index contributed by atoms with van der Waals surface area (Å²) in [6, 6.07) is 6.28. The zero-order chi connectivity index (χ0) is 15.6. The zero-order valence-corrected chi connectivity index (χ0v) is 11.0. The third-order valence-electron chi connectivity index (χ3n) is 2.77. The van der Waals surface area contributed by atoms with Crippen molar-refractivity contribution in [3.63, 3.8) is 0 Å². The number of carbonyl (C=O) groups excluding carboxylic acids is 1. The average Bonchev–Trinajstić information content (AvgIpc) is 2.40. The smallest absolute Gasteiger partial charge is 0.399 e. The lowest BCUT2D eigenvalue weighted by Gasteiger charge is -2.14. The van der Waals surface area contributed by atoms with Crippen molar-refractivity contribution in [1.82, 2.24) is 4.98 Å². The first-order valence-corrected chi connectivity index (χ1v) is 5.98. The van der Waals surface area contributed by atoms with Gasteiger partial charge in [-0.25, -0.2) is 0 Å². The molecule has 1 amide bonds. The summed E-state index contributed by atoms with van der Waals surface area (Å²) in [7, 11) is 0. The van der Waals surface area contributed by atoms with E-state index >= 15 is 0 Å². The highest BCUT2D eigenvalue weighted by Gasteiger charge is 2.34. The number of halogens is 3. The quantitative estimate of drug-likeness (QED) is 0.836. The zero-order valence-electron chi connectivity index (χ0n) is 11.0. The van der Waals surface area contributed by atoms with E-state index in [-0.39, 0.29) is 16.9 Å². The molecule has 0 radical (unpaired) electrons. The minimum absolute atomic E-state index is 0.0303. The van der Waals surface area contributed by atoms with Gasteiger partial charge in [0.25, 0.3) is 5.91 Å². The number of anilines is 2. The standard InChI is InChI=1S/C14H12F3N3O/c1-8-2-3-9(7-19-8)13(21)20-12-5-4-10(18)6-11(12)14(15,16)17/h2-7H,18H2,1H3,(H,20,21). The number of aryl methyl sites for hydroxylation is 1. The van der Waals surface area contributed by atoms with E-state index in [1.807, 2.05) is 0 Å². The Kier molecular flexibility index (Phi) is 3.84. The van der Waals surface area contributed by atoms with Crippen LogP contribution in [0, 0.1) is 6.92 Å². The number of nitrogens with one attached hydrogen (secondary N) is 1. The summed E-state index contributed by atoms with van der Waals surface area (Å²) in [5.74, 6) is -0.669. The largest absolute Gasteiger partial charge is 0.418 e. The van der Waals surface area contributed by atoms with Gasteiger partial charge in [0.15, 0.2) is 0 Å². The van der Waals surface area contributed by atoms with Crippen LogP contribution in [0.1, 0.15) is 21.6 Å². The van der Waals surface area contributed by atoms with Crippen LogP contribution in [0.2, 0.25) is 0 Å². The average molecular weight is 295 g/mol. The SMILES string of the molecule is Cc1ccc(C(=O)Nc2ccc(N)cc2C(F)(F)F)cn1. The molecule has 0 atom stereocenters. The highest BCUT2D eigenvalue weighted by atomic mass is 19.4. The first kappa shape index (κ1) is 14.8. The number of nitrogens with two attached hydrogens (primary N) is 1. The monoisotopic (exact) mass is 295 g/mol. The summed E-state index contributed by atoms with van der Waals surface area (Å²) in [5.41, 5.74) is 4.87. The minimum Gasteiger partial charge on any atom is -0.399 e. The van der Waals surface area contributed by atoms with Crippen molar-refractivity contribution in [2.45, 2.75) is 13.1 Å².